The topological polar surface area (TPSA) is 52.7 Å². The fourth-order valence-electron chi connectivity index (χ4n) is 5.13. The van der Waals surface area contributed by atoms with Crippen LogP contribution >= 0.6 is 0 Å². The van der Waals surface area contributed by atoms with E-state index in [4.69, 9.17) is 0 Å². The number of carbonyl (C=O) groups is 2. The SMILES string of the molecule is O=C1Nc2ccc(Cc3ccc(C(=O)N4CCN(c5ccccc5F)CC4)cc3)c3cccc1c23. The van der Waals surface area contributed by atoms with Crippen molar-refractivity contribution in [3.05, 3.63) is 107 Å². The van der Waals surface area contributed by atoms with Crippen molar-refractivity contribution in [3.63, 3.8) is 0 Å². The smallest absolute Gasteiger partial charge is 0.256 e. The van der Waals surface area contributed by atoms with Gasteiger partial charge in [-0.1, -0.05) is 42.5 Å². The van der Waals surface area contributed by atoms with E-state index in [1.807, 2.05) is 58.3 Å². The van der Waals surface area contributed by atoms with Crippen LogP contribution in [0.2, 0.25) is 0 Å². The summed E-state index contributed by atoms with van der Waals surface area (Å²) in [5, 5.41) is 4.98. The fraction of sp³-hybridized carbons (Fsp3) is 0.172. The van der Waals surface area contributed by atoms with Gasteiger partial charge in [0.05, 0.1) is 5.69 Å². The first-order valence-corrected chi connectivity index (χ1v) is 11.8. The molecular weight excluding hydrogens is 441 g/mol. The summed E-state index contributed by atoms with van der Waals surface area (Å²) < 4.78 is 14.1. The van der Waals surface area contributed by atoms with Crippen molar-refractivity contribution in [2.45, 2.75) is 6.42 Å². The van der Waals surface area contributed by atoms with Gasteiger partial charge in [-0.05, 0) is 59.3 Å². The van der Waals surface area contributed by atoms with Crippen LogP contribution in [0.4, 0.5) is 15.8 Å². The number of halogens is 1. The second-order valence-corrected chi connectivity index (χ2v) is 9.06. The number of hydrogen-bond donors (Lipinski definition) is 1. The van der Waals surface area contributed by atoms with Crippen LogP contribution in [0, 0.1) is 5.82 Å². The van der Waals surface area contributed by atoms with Crippen LogP contribution in [0.25, 0.3) is 10.8 Å². The van der Waals surface area contributed by atoms with Crippen molar-refractivity contribution in [1.82, 2.24) is 4.90 Å². The van der Waals surface area contributed by atoms with Crippen LogP contribution in [0.1, 0.15) is 31.8 Å². The van der Waals surface area contributed by atoms with Crippen LogP contribution in [-0.4, -0.2) is 42.9 Å². The summed E-state index contributed by atoms with van der Waals surface area (Å²) in [6, 6.07) is 24.4. The monoisotopic (exact) mass is 465 g/mol. The summed E-state index contributed by atoms with van der Waals surface area (Å²) in [5.41, 5.74) is 5.07. The minimum Gasteiger partial charge on any atom is -0.366 e. The molecule has 1 N–H and O–H groups in total. The van der Waals surface area contributed by atoms with E-state index in [-0.39, 0.29) is 17.6 Å². The van der Waals surface area contributed by atoms with Crippen LogP contribution in [0.15, 0.2) is 78.9 Å². The van der Waals surface area contributed by atoms with Gasteiger partial charge in [0.15, 0.2) is 0 Å². The number of piperazine rings is 1. The second-order valence-electron chi connectivity index (χ2n) is 9.06. The van der Waals surface area contributed by atoms with Crippen LogP contribution < -0.4 is 10.2 Å². The van der Waals surface area contributed by atoms with Gasteiger partial charge >= 0.3 is 0 Å². The molecule has 0 atom stereocenters. The van der Waals surface area contributed by atoms with Gasteiger partial charge in [0.25, 0.3) is 11.8 Å². The Balaban J connectivity index is 1.15. The zero-order chi connectivity index (χ0) is 23.9. The molecule has 0 spiro atoms. The van der Waals surface area contributed by atoms with Gasteiger partial charge in [0.2, 0.25) is 0 Å². The Kier molecular flexibility index (Phi) is 5.21. The number of para-hydroxylation sites is 1. The van der Waals surface area contributed by atoms with Crippen molar-refractivity contribution in [3.8, 4) is 0 Å². The Morgan fingerprint density at radius 2 is 1.63 bits per heavy atom. The Labute approximate surface area is 202 Å². The lowest BCUT2D eigenvalue weighted by Gasteiger charge is -2.36. The molecular formula is C29H24FN3O2. The maximum atomic E-state index is 14.1. The first kappa shape index (κ1) is 21.4. The van der Waals surface area contributed by atoms with Crippen molar-refractivity contribution >= 4 is 34.0 Å². The van der Waals surface area contributed by atoms with Crippen LogP contribution in [0.3, 0.4) is 0 Å². The summed E-state index contributed by atoms with van der Waals surface area (Å²) in [5.74, 6) is -0.286. The maximum Gasteiger partial charge on any atom is 0.256 e. The number of carbonyl (C=O) groups excluding carboxylic acids is 2. The van der Waals surface area contributed by atoms with Gasteiger partial charge in [-0.2, -0.15) is 0 Å². The molecule has 0 aromatic heterocycles. The van der Waals surface area contributed by atoms with E-state index < -0.39 is 0 Å². The van der Waals surface area contributed by atoms with Crippen molar-refractivity contribution in [1.29, 1.82) is 0 Å². The van der Waals surface area contributed by atoms with Crippen molar-refractivity contribution in [2.75, 3.05) is 36.4 Å². The summed E-state index contributed by atoms with van der Waals surface area (Å²) in [6.45, 7) is 2.32. The van der Waals surface area contributed by atoms with Crippen molar-refractivity contribution < 1.29 is 14.0 Å². The standard InChI is InChI=1S/C29H24FN3O2/c30-24-6-1-2-7-26(24)32-14-16-33(17-15-32)29(35)20-10-8-19(9-11-20)18-21-12-13-25-27-22(21)4-3-5-23(27)28(34)31-25/h1-13H,14-18H2,(H,31,34). The third-order valence-electron chi connectivity index (χ3n) is 6.98. The van der Waals surface area contributed by atoms with Gasteiger partial charge in [-0.25, -0.2) is 4.39 Å². The molecule has 1 saturated heterocycles. The summed E-state index contributed by atoms with van der Waals surface area (Å²) in [4.78, 5) is 29.1. The number of amides is 2. The number of rotatable bonds is 4. The molecule has 4 aromatic carbocycles. The Hall–Kier alpha value is -4.19. The van der Waals surface area contributed by atoms with Gasteiger partial charge < -0.3 is 15.1 Å². The van der Waals surface area contributed by atoms with Gasteiger partial charge in [-0.15, -0.1) is 0 Å². The molecule has 2 aliphatic rings. The lowest BCUT2D eigenvalue weighted by molar-refractivity contribution is 0.0746. The lowest BCUT2D eigenvalue weighted by atomic mass is 9.95. The predicted octanol–water partition coefficient (Wildman–Crippen LogP) is 5.10. The van der Waals surface area contributed by atoms with Gasteiger partial charge in [0.1, 0.15) is 5.82 Å². The summed E-state index contributed by atoms with van der Waals surface area (Å²) in [7, 11) is 0. The normalized spacial score (nSPS) is 14.9. The highest BCUT2D eigenvalue weighted by atomic mass is 19.1. The molecule has 6 heteroatoms. The predicted molar refractivity (Wildman–Crippen MR) is 136 cm³/mol. The summed E-state index contributed by atoms with van der Waals surface area (Å²) >= 11 is 0. The van der Waals surface area contributed by atoms with Crippen LogP contribution in [-0.2, 0) is 6.42 Å². The zero-order valence-corrected chi connectivity index (χ0v) is 19.1. The Morgan fingerprint density at radius 3 is 2.40 bits per heavy atom. The average molecular weight is 466 g/mol. The summed E-state index contributed by atoms with van der Waals surface area (Å²) in [6.07, 6.45) is 0.713. The fourth-order valence-corrected chi connectivity index (χ4v) is 5.13. The minimum atomic E-state index is -0.231. The number of anilines is 2. The molecule has 4 aromatic rings. The molecule has 0 radical (unpaired) electrons. The van der Waals surface area contributed by atoms with E-state index in [0.717, 1.165) is 33.2 Å². The molecule has 0 aliphatic carbocycles. The molecule has 5 nitrogen and oxygen atoms in total. The highest BCUT2D eigenvalue weighted by Gasteiger charge is 2.24. The van der Waals surface area contributed by atoms with E-state index in [0.29, 0.717) is 43.9 Å². The van der Waals surface area contributed by atoms with E-state index >= 15 is 0 Å². The van der Waals surface area contributed by atoms with Gasteiger partial charge in [-0.3, -0.25) is 9.59 Å². The Morgan fingerprint density at radius 1 is 0.857 bits per heavy atom. The molecule has 0 unspecified atom stereocenters. The number of nitrogens with zero attached hydrogens (tertiary/aromatic N) is 2. The second kappa shape index (κ2) is 8.55. The third-order valence-corrected chi connectivity index (χ3v) is 6.98. The quantitative estimate of drug-likeness (QED) is 0.456. The van der Waals surface area contributed by atoms with E-state index in [1.165, 1.54) is 6.07 Å². The Bertz CT molecular complexity index is 1460. The van der Waals surface area contributed by atoms with Gasteiger partial charge in [0, 0.05) is 48.4 Å². The largest absolute Gasteiger partial charge is 0.366 e. The zero-order valence-electron chi connectivity index (χ0n) is 19.1. The molecule has 0 bridgehead atoms. The third kappa shape index (κ3) is 3.81. The van der Waals surface area contributed by atoms with Crippen LogP contribution in [0.5, 0.6) is 0 Å². The highest BCUT2D eigenvalue weighted by Crippen LogP contribution is 2.35. The molecule has 1 fully saturated rings. The molecule has 2 heterocycles. The number of benzene rings is 4. The maximum absolute atomic E-state index is 14.1. The molecule has 2 aliphatic heterocycles. The lowest BCUT2D eigenvalue weighted by Crippen LogP contribution is -2.49. The first-order valence-electron chi connectivity index (χ1n) is 11.8. The van der Waals surface area contributed by atoms with E-state index in [1.54, 1.807) is 12.1 Å². The molecule has 2 amide bonds. The number of hydrogen-bond acceptors (Lipinski definition) is 3. The average Bonchev–Trinajstić information content (AvgIpc) is 3.23. The molecule has 0 saturated carbocycles. The molecule has 6 rings (SSSR count). The van der Waals surface area contributed by atoms with E-state index in [9.17, 15) is 14.0 Å². The van der Waals surface area contributed by atoms with Crippen molar-refractivity contribution in [2.24, 2.45) is 0 Å². The first-order chi connectivity index (χ1) is 17.1. The van der Waals surface area contributed by atoms with E-state index in [2.05, 4.69) is 17.4 Å². The molecule has 35 heavy (non-hydrogen) atoms. The molecule has 174 valence electrons. The minimum absolute atomic E-state index is 0.000318. The highest BCUT2D eigenvalue weighted by molar-refractivity contribution is 6.24. The number of nitrogens with one attached hydrogen (secondary N) is 1.